The van der Waals surface area contributed by atoms with E-state index in [0.29, 0.717) is 5.56 Å². The molecular formula is C21H23F3N2O5S. The average molecular weight is 472 g/mol. The van der Waals surface area contributed by atoms with Gasteiger partial charge in [0.1, 0.15) is 10.9 Å². The number of nitrogens with one attached hydrogen (secondary N) is 2. The summed E-state index contributed by atoms with van der Waals surface area (Å²) < 4.78 is 53.4. The van der Waals surface area contributed by atoms with E-state index in [-0.39, 0.29) is 5.56 Å². The van der Waals surface area contributed by atoms with Crippen LogP contribution in [0.4, 0.5) is 13.2 Å². The van der Waals surface area contributed by atoms with Gasteiger partial charge in [0, 0.05) is 22.5 Å². The number of aliphatic hydroxyl groups is 1. The fourth-order valence-electron chi connectivity index (χ4n) is 2.08. The van der Waals surface area contributed by atoms with Gasteiger partial charge in [0.25, 0.3) is 5.91 Å². The molecule has 0 aliphatic carbocycles. The van der Waals surface area contributed by atoms with Crippen molar-refractivity contribution >= 4 is 23.2 Å². The largest absolute Gasteiger partial charge is 0.598 e. The third kappa shape index (κ3) is 8.81. The van der Waals surface area contributed by atoms with E-state index in [1.54, 1.807) is 4.72 Å². The number of carboxylic acids is 1. The number of carboxylic acid groups (broad SMARTS) is 1. The van der Waals surface area contributed by atoms with E-state index < -0.39 is 52.3 Å². The van der Waals surface area contributed by atoms with Crippen LogP contribution >= 0.6 is 0 Å². The van der Waals surface area contributed by atoms with Crippen LogP contribution in [0.1, 0.15) is 43.6 Å². The topological polar surface area (TPSA) is 122 Å². The first kappa shape index (κ1) is 27.3. The van der Waals surface area contributed by atoms with Gasteiger partial charge in [-0.15, -0.1) is 4.72 Å². The van der Waals surface area contributed by atoms with Crippen molar-refractivity contribution in [3.8, 4) is 23.7 Å². The van der Waals surface area contributed by atoms with Gasteiger partial charge in [0.15, 0.2) is 12.1 Å². The summed E-state index contributed by atoms with van der Waals surface area (Å²) in [6, 6.07) is 0.0877. The van der Waals surface area contributed by atoms with Crippen molar-refractivity contribution in [3.05, 3.63) is 35.4 Å². The molecule has 7 nitrogen and oxygen atoms in total. The minimum Gasteiger partial charge on any atom is -0.598 e. The Kier molecular flexibility index (Phi) is 9.61. The van der Waals surface area contributed by atoms with Crippen LogP contribution < -0.4 is 10.0 Å². The highest BCUT2D eigenvalue weighted by Crippen LogP contribution is 2.26. The molecule has 32 heavy (non-hydrogen) atoms. The highest BCUT2D eigenvalue weighted by atomic mass is 32.2. The van der Waals surface area contributed by atoms with Gasteiger partial charge in [0.05, 0.1) is 0 Å². The second kappa shape index (κ2) is 11.2. The number of aliphatic carboxylic acids is 1. The number of benzene rings is 1. The van der Waals surface area contributed by atoms with Gasteiger partial charge in [-0.25, -0.2) is 4.79 Å². The van der Waals surface area contributed by atoms with Crippen LogP contribution in [0.5, 0.6) is 0 Å². The maximum absolute atomic E-state index is 13.5. The normalized spacial score (nSPS) is 15.2. The van der Waals surface area contributed by atoms with E-state index in [9.17, 15) is 32.4 Å². The molecule has 0 aliphatic heterocycles. The summed E-state index contributed by atoms with van der Waals surface area (Å²) >= 11 is -2.25. The summed E-state index contributed by atoms with van der Waals surface area (Å²) in [4.78, 5) is 23.9. The molecule has 0 aromatic heterocycles. The van der Waals surface area contributed by atoms with E-state index in [2.05, 4.69) is 23.7 Å². The first-order chi connectivity index (χ1) is 14.6. The minimum absolute atomic E-state index is 0.102. The molecule has 0 heterocycles. The van der Waals surface area contributed by atoms with Crippen LogP contribution in [0, 0.1) is 23.7 Å². The molecule has 0 saturated heterocycles. The second-order valence-corrected chi connectivity index (χ2v) is 9.58. The molecule has 174 valence electrons. The lowest BCUT2D eigenvalue weighted by molar-refractivity contribution is -0.169. The molecule has 0 aliphatic rings. The van der Waals surface area contributed by atoms with Crippen molar-refractivity contribution in [2.45, 2.75) is 56.8 Å². The number of carbonyl (C=O) groups excluding carboxylic acids is 1. The van der Waals surface area contributed by atoms with E-state index in [0.717, 1.165) is 0 Å². The van der Waals surface area contributed by atoms with Crippen LogP contribution in [0.2, 0.25) is 0 Å². The van der Waals surface area contributed by atoms with Gasteiger partial charge in [-0.1, -0.05) is 11.8 Å². The number of halogens is 3. The maximum atomic E-state index is 13.5. The van der Waals surface area contributed by atoms with Crippen molar-refractivity contribution in [1.29, 1.82) is 0 Å². The molecule has 4 N–H and O–H groups in total. The molecule has 0 spiro atoms. The Labute approximate surface area is 187 Å². The Morgan fingerprint density at radius 3 is 2.12 bits per heavy atom. The Balaban J connectivity index is 3.07. The number of alkyl halides is 3. The highest BCUT2D eigenvalue weighted by molar-refractivity contribution is 7.90. The summed E-state index contributed by atoms with van der Waals surface area (Å²) in [6.07, 6.45) is -5.95. The SMILES string of the molecule is C[C@H](O)C#CC#Cc1ccc(C(=O)NC(C(=O)O)C(N[S@@+]([O-])C(C)(C)C)C(F)(F)F)cc1. The van der Waals surface area contributed by atoms with Crippen molar-refractivity contribution in [1.82, 2.24) is 10.0 Å². The van der Waals surface area contributed by atoms with Crippen molar-refractivity contribution in [2.75, 3.05) is 0 Å². The number of amides is 1. The average Bonchev–Trinajstić information content (AvgIpc) is 2.66. The molecule has 1 aromatic rings. The van der Waals surface area contributed by atoms with Crippen molar-refractivity contribution in [3.63, 3.8) is 0 Å². The van der Waals surface area contributed by atoms with Crippen molar-refractivity contribution in [2.24, 2.45) is 0 Å². The number of rotatable bonds is 6. The monoisotopic (exact) mass is 472 g/mol. The molecule has 4 atom stereocenters. The lowest BCUT2D eigenvalue weighted by Crippen LogP contribution is -2.63. The Bertz CT molecular complexity index is 935. The smallest absolute Gasteiger partial charge is 0.410 e. The zero-order chi connectivity index (χ0) is 24.7. The van der Waals surface area contributed by atoms with Gasteiger partial charge in [-0.3, -0.25) is 4.79 Å². The molecule has 0 bridgehead atoms. The van der Waals surface area contributed by atoms with Crippen molar-refractivity contribution < 1.29 is 37.5 Å². The lowest BCUT2D eigenvalue weighted by atomic mass is 10.1. The maximum Gasteiger partial charge on any atom is 0.410 e. The first-order valence-electron chi connectivity index (χ1n) is 9.21. The second-order valence-electron chi connectivity index (χ2n) is 7.58. The molecule has 0 saturated carbocycles. The zero-order valence-corrected chi connectivity index (χ0v) is 18.5. The fourth-order valence-corrected chi connectivity index (χ4v) is 2.93. The summed E-state index contributed by atoms with van der Waals surface area (Å²) in [5, 5.41) is 20.2. The van der Waals surface area contributed by atoms with Crippen LogP contribution in [0.15, 0.2) is 24.3 Å². The number of carbonyl (C=O) groups is 2. The summed E-state index contributed by atoms with van der Waals surface area (Å²) in [5.41, 5.74) is 0.335. The van der Waals surface area contributed by atoms with E-state index in [1.807, 2.05) is 5.32 Å². The molecule has 11 heteroatoms. The predicted molar refractivity (Wildman–Crippen MR) is 113 cm³/mol. The highest BCUT2D eigenvalue weighted by Gasteiger charge is 2.52. The van der Waals surface area contributed by atoms with E-state index in [1.165, 1.54) is 52.0 Å². The van der Waals surface area contributed by atoms with Gasteiger partial charge < -0.3 is 20.1 Å². The Morgan fingerprint density at radius 2 is 1.69 bits per heavy atom. The van der Waals surface area contributed by atoms with Crippen LogP contribution in [0.25, 0.3) is 0 Å². The predicted octanol–water partition coefficient (Wildman–Crippen LogP) is 1.59. The molecule has 0 radical (unpaired) electrons. The Morgan fingerprint density at radius 1 is 1.12 bits per heavy atom. The minimum atomic E-state index is -5.11. The fraction of sp³-hybridized carbons (Fsp3) is 0.429. The third-order valence-electron chi connectivity index (χ3n) is 3.73. The summed E-state index contributed by atoms with van der Waals surface area (Å²) in [6.45, 7) is 5.71. The molecule has 1 amide bonds. The summed E-state index contributed by atoms with van der Waals surface area (Å²) in [5.74, 6) is 6.95. The van der Waals surface area contributed by atoms with Crippen LogP contribution in [-0.4, -0.2) is 55.8 Å². The van der Waals surface area contributed by atoms with Gasteiger partial charge in [-0.2, -0.15) is 13.2 Å². The molecule has 0 fully saturated rings. The Hall–Kier alpha value is -2.70. The van der Waals surface area contributed by atoms with Crippen LogP contribution in [-0.2, 0) is 16.2 Å². The van der Waals surface area contributed by atoms with Gasteiger partial charge in [0.2, 0.25) is 0 Å². The zero-order valence-electron chi connectivity index (χ0n) is 17.7. The molecule has 1 rings (SSSR count). The van der Waals surface area contributed by atoms with Gasteiger partial charge in [-0.05, 0) is 63.8 Å². The first-order valence-corrected chi connectivity index (χ1v) is 10.4. The quantitative estimate of drug-likeness (QED) is 0.369. The van der Waals surface area contributed by atoms with Crippen LogP contribution in [0.3, 0.4) is 0 Å². The lowest BCUT2D eigenvalue weighted by Gasteiger charge is -2.31. The third-order valence-corrected chi connectivity index (χ3v) is 5.31. The number of hydrogen-bond acceptors (Lipinski definition) is 5. The van der Waals surface area contributed by atoms with E-state index >= 15 is 0 Å². The van der Waals surface area contributed by atoms with Gasteiger partial charge >= 0.3 is 12.1 Å². The summed E-state index contributed by atoms with van der Waals surface area (Å²) in [7, 11) is 0. The number of aliphatic hydroxyl groups excluding tert-OH is 1. The molecule has 1 aromatic carbocycles. The molecule has 2 unspecified atom stereocenters. The van der Waals surface area contributed by atoms with E-state index in [4.69, 9.17) is 5.11 Å². The standard InChI is InChI=1S/C21H23F3N2O5S/c1-13(27)7-5-6-8-14-9-11-15(12-10-14)18(28)25-16(19(29)30)17(21(22,23)24)26-32(31)20(2,3)4/h9-13,16-17,26-27H,1-4H3,(H,25,28)(H,29,30)/t13-,16?,17?,32-/m0/s1. The molecular weight excluding hydrogens is 449 g/mol. The number of hydrogen-bond donors (Lipinski definition) is 4.